The van der Waals surface area contributed by atoms with Crippen LogP contribution in [-0.2, 0) is 11.3 Å². The van der Waals surface area contributed by atoms with E-state index in [4.69, 9.17) is 4.74 Å². The second kappa shape index (κ2) is 6.25. The molecule has 0 radical (unpaired) electrons. The highest BCUT2D eigenvalue weighted by atomic mass is 16.5. The molecule has 0 N–H and O–H groups in total. The summed E-state index contributed by atoms with van der Waals surface area (Å²) in [7, 11) is 0. The van der Waals surface area contributed by atoms with E-state index in [2.05, 4.69) is 29.3 Å². The lowest BCUT2D eigenvalue weighted by Gasteiger charge is -2.16. The Balaban J connectivity index is 2.09. The molecule has 6 nitrogen and oxygen atoms in total. The van der Waals surface area contributed by atoms with Gasteiger partial charge in [0.25, 0.3) is 0 Å². The van der Waals surface area contributed by atoms with Gasteiger partial charge < -0.3 is 4.74 Å². The zero-order valence-corrected chi connectivity index (χ0v) is 13.7. The van der Waals surface area contributed by atoms with Crippen molar-refractivity contribution in [3.63, 3.8) is 0 Å². The van der Waals surface area contributed by atoms with Crippen molar-refractivity contribution in [3.8, 4) is 17.1 Å². The molecule has 2 rings (SSSR count). The van der Waals surface area contributed by atoms with Crippen molar-refractivity contribution < 1.29 is 9.53 Å². The van der Waals surface area contributed by atoms with Gasteiger partial charge in [-0.15, -0.1) is 10.2 Å². The molecule has 118 valence electrons. The van der Waals surface area contributed by atoms with E-state index in [1.54, 1.807) is 16.9 Å². The summed E-state index contributed by atoms with van der Waals surface area (Å²) in [6, 6.07) is 7.12. The molecule has 0 spiro atoms. The lowest BCUT2D eigenvalue weighted by molar-refractivity contribution is -0.142. The van der Waals surface area contributed by atoms with E-state index in [9.17, 15) is 4.79 Å². The normalized spacial score (nSPS) is 11.7. The number of ether oxygens (including phenoxy) is 1. The first-order valence-corrected chi connectivity index (χ1v) is 7.36. The minimum Gasteiger partial charge on any atom is -0.426 e. The molecule has 22 heavy (non-hydrogen) atoms. The fourth-order valence-corrected chi connectivity index (χ4v) is 1.69. The van der Waals surface area contributed by atoms with E-state index < -0.39 is 5.41 Å². The number of rotatable bonds is 4. The third kappa shape index (κ3) is 4.13. The predicted octanol–water partition coefficient (Wildman–Crippen LogP) is 2.95. The topological polar surface area (TPSA) is 69.9 Å². The molecule has 2 aromatic rings. The number of hydrogen-bond donors (Lipinski definition) is 0. The van der Waals surface area contributed by atoms with Crippen molar-refractivity contribution in [3.05, 3.63) is 24.3 Å². The molecule has 0 saturated carbocycles. The van der Waals surface area contributed by atoms with Crippen LogP contribution in [-0.4, -0.2) is 26.2 Å². The smallest absolute Gasteiger partial charge is 0.316 e. The molecule has 0 saturated heterocycles. The van der Waals surface area contributed by atoms with E-state index in [-0.39, 0.29) is 5.97 Å². The Morgan fingerprint density at radius 1 is 1.23 bits per heavy atom. The Hall–Kier alpha value is -2.24. The summed E-state index contributed by atoms with van der Waals surface area (Å²) in [5.41, 5.74) is 0.310. The second-order valence-corrected chi connectivity index (χ2v) is 6.73. The largest absolute Gasteiger partial charge is 0.426 e. The number of nitrogens with zero attached hydrogens (tertiary/aromatic N) is 4. The maximum absolute atomic E-state index is 11.8. The van der Waals surface area contributed by atoms with E-state index in [0.717, 1.165) is 12.1 Å². The summed E-state index contributed by atoms with van der Waals surface area (Å²) in [6.45, 7) is 10.4. The Bertz CT molecular complexity index is 639. The first-order valence-electron chi connectivity index (χ1n) is 7.36. The Kier molecular flexibility index (Phi) is 4.59. The van der Waals surface area contributed by atoms with E-state index in [0.29, 0.717) is 17.5 Å². The van der Waals surface area contributed by atoms with Gasteiger partial charge in [-0.1, -0.05) is 13.8 Å². The van der Waals surface area contributed by atoms with Crippen LogP contribution >= 0.6 is 0 Å². The zero-order valence-electron chi connectivity index (χ0n) is 13.7. The van der Waals surface area contributed by atoms with Gasteiger partial charge in [0.15, 0.2) is 0 Å². The molecular weight excluding hydrogens is 280 g/mol. The maximum atomic E-state index is 11.8. The number of esters is 1. The lowest BCUT2D eigenvalue weighted by Crippen LogP contribution is -2.25. The molecule has 1 heterocycles. The van der Waals surface area contributed by atoms with Crippen LogP contribution in [0.4, 0.5) is 0 Å². The van der Waals surface area contributed by atoms with E-state index in [1.165, 1.54) is 0 Å². The van der Waals surface area contributed by atoms with Crippen LogP contribution in [0.2, 0.25) is 0 Å². The first kappa shape index (κ1) is 16.1. The van der Waals surface area contributed by atoms with Crippen LogP contribution in [0.15, 0.2) is 24.3 Å². The third-order valence-electron chi connectivity index (χ3n) is 2.92. The molecule has 0 aliphatic heterocycles. The van der Waals surface area contributed by atoms with Gasteiger partial charge in [0, 0.05) is 5.56 Å². The van der Waals surface area contributed by atoms with Gasteiger partial charge in [-0.25, -0.2) is 0 Å². The quantitative estimate of drug-likeness (QED) is 0.641. The minimum atomic E-state index is -0.528. The maximum Gasteiger partial charge on any atom is 0.316 e. The standard InChI is InChI=1S/C16H22N4O2/c1-11(2)10-20-18-14(17-19-20)12-6-8-13(9-7-12)22-15(21)16(3,4)5/h6-9,11H,10H2,1-5H3. The van der Waals surface area contributed by atoms with Crippen LogP contribution in [0.5, 0.6) is 5.75 Å². The van der Waals surface area contributed by atoms with Crippen molar-refractivity contribution in [1.82, 2.24) is 20.2 Å². The Morgan fingerprint density at radius 3 is 2.41 bits per heavy atom. The second-order valence-electron chi connectivity index (χ2n) is 6.73. The average Bonchev–Trinajstić information content (AvgIpc) is 2.86. The molecule has 6 heteroatoms. The van der Waals surface area contributed by atoms with E-state index >= 15 is 0 Å². The van der Waals surface area contributed by atoms with Crippen molar-refractivity contribution >= 4 is 5.97 Å². The summed E-state index contributed by atoms with van der Waals surface area (Å²) in [6.07, 6.45) is 0. The van der Waals surface area contributed by atoms with Gasteiger partial charge in [0.2, 0.25) is 5.82 Å². The molecule has 0 aliphatic carbocycles. The molecular formula is C16H22N4O2. The number of hydrogen-bond acceptors (Lipinski definition) is 5. The van der Waals surface area contributed by atoms with Crippen molar-refractivity contribution in [2.75, 3.05) is 0 Å². The SMILES string of the molecule is CC(C)Cn1nnc(-c2ccc(OC(=O)C(C)(C)C)cc2)n1. The van der Waals surface area contributed by atoms with Crippen LogP contribution < -0.4 is 4.74 Å². The molecule has 1 aromatic heterocycles. The summed E-state index contributed by atoms with van der Waals surface area (Å²) in [5, 5.41) is 12.4. The summed E-state index contributed by atoms with van der Waals surface area (Å²) in [5.74, 6) is 1.27. The summed E-state index contributed by atoms with van der Waals surface area (Å²) >= 11 is 0. The fraction of sp³-hybridized carbons (Fsp3) is 0.500. The summed E-state index contributed by atoms with van der Waals surface area (Å²) < 4.78 is 5.33. The monoisotopic (exact) mass is 302 g/mol. The van der Waals surface area contributed by atoms with E-state index in [1.807, 2.05) is 32.9 Å². The van der Waals surface area contributed by atoms with Crippen LogP contribution in [0.3, 0.4) is 0 Å². The molecule has 0 fully saturated rings. The van der Waals surface area contributed by atoms with Crippen molar-refractivity contribution in [1.29, 1.82) is 0 Å². The number of benzene rings is 1. The van der Waals surface area contributed by atoms with Crippen LogP contribution in [0.25, 0.3) is 11.4 Å². The number of aromatic nitrogens is 4. The van der Waals surface area contributed by atoms with Gasteiger partial charge in [0.1, 0.15) is 5.75 Å². The van der Waals surface area contributed by atoms with Crippen LogP contribution in [0, 0.1) is 11.3 Å². The average molecular weight is 302 g/mol. The predicted molar refractivity (Wildman–Crippen MR) is 83.2 cm³/mol. The Labute approximate surface area is 130 Å². The van der Waals surface area contributed by atoms with Crippen molar-refractivity contribution in [2.24, 2.45) is 11.3 Å². The third-order valence-corrected chi connectivity index (χ3v) is 2.92. The van der Waals surface area contributed by atoms with Gasteiger partial charge in [-0.05, 0) is 56.2 Å². The molecule has 1 aromatic carbocycles. The molecule has 0 bridgehead atoms. The molecule has 0 amide bonds. The number of tetrazole rings is 1. The molecule has 0 atom stereocenters. The van der Waals surface area contributed by atoms with Crippen LogP contribution in [0.1, 0.15) is 34.6 Å². The molecule has 0 aliphatic rings. The Morgan fingerprint density at radius 2 is 1.86 bits per heavy atom. The fourth-order valence-electron chi connectivity index (χ4n) is 1.69. The highest BCUT2D eigenvalue weighted by Crippen LogP contribution is 2.22. The van der Waals surface area contributed by atoms with Gasteiger partial charge >= 0.3 is 5.97 Å². The minimum absolute atomic E-state index is 0.263. The van der Waals surface area contributed by atoms with Gasteiger partial charge in [-0.2, -0.15) is 4.80 Å². The highest BCUT2D eigenvalue weighted by Gasteiger charge is 2.23. The number of carbonyl (C=O) groups is 1. The van der Waals surface area contributed by atoms with Gasteiger partial charge in [-0.3, -0.25) is 4.79 Å². The van der Waals surface area contributed by atoms with Gasteiger partial charge in [0.05, 0.1) is 12.0 Å². The lowest BCUT2D eigenvalue weighted by atomic mass is 9.97. The number of carbonyl (C=O) groups excluding carboxylic acids is 1. The van der Waals surface area contributed by atoms with Crippen molar-refractivity contribution in [2.45, 2.75) is 41.2 Å². The molecule has 0 unspecified atom stereocenters. The zero-order chi connectivity index (χ0) is 16.3. The summed E-state index contributed by atoms with van der Waals surface area (Å²) in [4.78, 5) is 13.4. The highest BCUT2D eigenvalue weighted by molar-refractivity contribution is 5.78. The first-order chi connectivity index (χ1) is 10.3.